The molecule has 0 bridgehead atoms. The van der Waals surface area contributed by atoms with Gasteiger partial charge in [0.05, 0.1) is 17.2 Å². The minimum atomic E-state index is 0.0304. The molecule has 1 atom stereocenters. The second-order valence-corrected chi connectivity index (χ2v) is 9.66. The van der Waals surface area contributed by atoms with E-state index in [1.165, 1.54) is 0 Å². The number of carbonyl (C=O) groups excluding carboxylic acids is 1. The Morgan fingerprint density at radius 2 is 1.89 bits per heavy atom. The molecule has 8 heteroatoms. The highest BCUT2D eigenvalue weighted by atomic mass is 35.5. The number of benzene rings is 2. The summed E-state index contributed by atoms with van der Waals surface area (Å²) in [6, 6.07) is 13.5. The molecule has 1 unspecified atom stereocenters. The van der Waals surface area contributed by atoms with E-state index >= 15 is 0 Å². The third-order valence-corrected chi connectivity index (χ3v) is 7.18. The Hall–Kier alpha value is -2.67. The minimum absolute atomic E-state index is 0.0304. The average Bonchev–Trinajstić information content (AvgIpc) is 2.89. The van der Waals surface area contributed by atoms with Gasteiger partial charge in [0, 0.05) is 50.4 Å². The molecular formula is C27H30Cl2N4O2. The average molecular weight is 513 g/mol. The minimum Gasteiger partial charge on any atom is -0.497 e. The van der Waals surface area contributed by atoms with E-state index in [2.05, 4.69) is 20.2 Å². The zero-order valence-electron chi connectivity index (χ0n) is 19.8. The molecule has 1 aliphatic heterocycles. The van der Waals surface area contributed by atoms with Crippen molar-refractivity contribution in [2.24, 2.45) is 5.92 Å². The summed E-state index contributed by atoms with van der Waals surface area (Å²) in [6.45, 7) is 3.40. The molecule has 1 fully saturated rings. The molecule has 1 N–H and O–H groups in total. The van der Waals surface area contributed by atoms with Gasteiger partial charge in [-0.05, 0) is 54.6 Å². The molecule has 3 aromatic rings. The maximum absolute atomic E-state index is 12.4. The van der Waals surface area contributed by atoms with E-state index < -0.39 is 0 Å². The number of aryl methyl sites for hydroxylation is 1. The Kier molecular flexibility index (Phi) is 8.96. The van der Waals surface area contributed by atoms with Crippen LogP contribution >= 0.6 is 23.2 Å². The summed E-state index contributed by atoms with van der Waals surface area (Å²) in [5, 5.41) is 4.31. The summed E-state index contributed by atoms with van der Waals surface area (Å²) in [5.41, 5.74) is 3.00. The van der Waals surface area contributed by atoms with Gasteiger partial charge < -0.3 is 10.1 Å². The van der Waals surface area contributed by atoms with Gasteiger partial charge in [-0.15, -0.1) is 0 Å². The normalized spacial score (nSPS) is 16.1. The molecule has 4 rings (SSSR count). The smallest absolute Gasteiger partial charge is 0.220 e. The van der Waals surface area contributed by atoms with E-state index in [0.29, 0.717) is 41.2 Å². The highest BCUT2D eigenvalue weighted by Gasteiger charge is 2.21. The molecule has 1 amide bonds. The number of halogens is 2. The number of rotatable bonds is 9. The van der Waals surface area contributed by atoms with Crippen molar-refractivity contribution in [3.05, 3.63) is 76.3 Å². The van der Waals surface area contributed by atoms with Crippen LogP contribution in [0, 0.1) is 5.92 Å². The van der Waals surface area contributed by atoms with Gasteiger partial charge in [-0.2, -0.15) is 0 Å². The second-order valence-electron chi connectivity index (χ2n) is 8.88. The number of hydrogen-bond donors (Lipinski definition) is 1. The number of nitrogens with zero attached hydrogens (tertiary/aromatic N) is 3. The van der Waals surface area contributed by atoms with Gasteiger partial charge in [0.2, 0.25) is 5.91 Å². The van der Waals surface area contributed by atoms with Crippen molar-refractivity contribution in [2.45, 2.75) is 32.2 Å². The molecular weight excluding hydrogens is 483 g/mol. The number of piperidine rings is 1. The predicted octanol–water partition coefficient (Wildman–Crippen LogP) is 5.42. The maximum atomic E-state index is 12.4. The van der Waals surface area contributed by atoms with Crippen LogP contribution in [0.25, 0.3) is 11.1 Å². The van der Waals surface area contributed by atoms with E-state index in [1.54, 1.807) is 19.5 Å². The molecule has 1 saturated heterocycles. The molecule has 0 aliphatic carbocycles. The number of hydrogen-bond acceptors (Lipinski definition) is 5. The molecule has 0 saturated carbocycles. The van der Waals surface area contributed by atoms with Crippen LogP contribution in [-0.4, -0.2) is 47.5 Å². The van der Waals surface area contributed by atoms with Gasteiger partial charge in [0.25, 0.3) is 0 Å². The lowest BCUT2D eigenvalue weighted by atomic mass is 9.97. The predicted molar refractivity (Wildman–Crippen MR) is 140 cm³/mol. The molecule has 1 aliphatic rings. The molecule has 35 heavy (non-hydrogen) atoms. The highest BCUT2D eigenvalue weighted by Crippen LogP contribution is 2.28. The standard InChI is InChI=1S/C27H30Cl2N4O2/c1-35-23-9-7-20(8-10-23)22-15-30-25(31-16-22)11-12-26(34)32-14-19-4-3-13-33(17-19)18-21-5-2-6-24(28)27(21)29/h2,5-10,15-16,19H,3-4,11-14,17-18H2,1H3,(H,32,34). The molecule has 184 valence electrons. The summed E-state index contributed by atoms with van der Waals surface area (Å²) in [4.78, 5) is 23.7. The second kappa shape index (κ2) is 12.3. The van der Waals surface area contributed by atoms with Gasteiger partial charge in [0.1, 0.15) is 11.6 Å². The van der Waals surface area contributed by atoms with Crippen LogP contribution < -0.4 is 10.1 Å². The lowest BCUT2D eigenvalue weighted by Gasteiger charge is -2.33. The Morgan fingerprint density at radius 1 is 1.11 bits per heavy atom. The number of likely N-dealkylation sites (tertiary alicyclic amines) is 1. The number of nitrogens with one attached hydrogen (secondary N) is 1. The number of carbonyl (C=O) groups is 1. The quantitative estimate of drug-likeness (QED) is 0.414. The molecule has 0 spiro atoms. The third kappa shape index (κ3) is 7.17. The molecule has 1 aromatic heterocycles. The van der Waals surface area contributed by atoms with Crippen LogP contribution in [0.1, 0.15) is 30.7 Å². The summed E-state index contributed by atoms with van der Waals surface area (Å²) in [7, 11) is 1.64. The highest BCUT2D eigenvalue weighted by molar-refractivity contribution is 6.42. The zero-order valence-corrected chi connectivity index (χ0v) is 21.4. The zero-order chi connectivity index (χ0) is 24.6. The Bertz CT molecular complexity index is 1120. The van der Waals surface area contributed by atoms with Crippen LogP contribution in [0.4, 0.5) is 0 Å². The monoisotopic (exact) mass is 512 g/mol. The van der Waals surface area contributed by atoms with Crippen LogP contribution in [0.2, 0.25) is 10.0 Å². The largest absolute Gasteiger partial charge is 0.497 e. The topological polar surface area (TPSA) is 67.3 Å². The Morgan fingerprint density at radius 3 is 2.63 bits per heavy atom. The molecule has 6 nitrogen and oxygen atoms in total. The third-order valence-electron chi connectivity index (χ3n) is 6.32. The van der Waals surface area contributed by atoms with E-state index in [1.807, 2.05) is 42.5 Å². The first kappa shape index (κ1) is 25.4. The van der Waals surface area contributed by atoms with Crippen molar-refractivity contribution in [3.63, 3.8) is 0 Å². The first-order valence-corrected chi connectivity index (χ1v) is 12.6. The number of methoxy groups -OCH3 is 1. The van der Waals surface area contributed by atoms with Crippen molar-refractivity contribution in [2.75, 3.05) is 26.7 Å². The van der Waals surface area contributed by atoms with Crippen molar-refractivity contribution in [3.8, 4) is 16.9 Å². The molecule has 2 heterocycles. The molecule has 2 aromatic carbocycles. The number of aromatic nitrogens is 2. The summed E-state index contributed by atoms with van der Waals surface area (Å²) in [6.07, 6.45) is 6.69. The SMILES string of the molecule is COc1ccc(-c2cnc(CCC(=O)NCC3CCCN(Cc4cccc(Cl)c4Cl)C3)nc2)cc1. The van der Waals surface area contributed by atoms with E-state index in [9.17, 15) is 4.79 Å². The van der Waals surface area contributed by atoms with Gasteiger partial charge >= 0.3 is 0 Å². The van der Waals surface area contributed by atoms with Crippen molar-refractivity contribution in [1.82, 2.24) is 20.2 Å². The molecule has 0 radical (unpaired) electrons. The van der Waals surface area contributed by atoms with Crippen LogP contribution in [0.5, 0.6) is 5.75 Å². The lowest BCUT2D eigenvalue weighted by molar-refractivity contribution is -0.121. The fraction of sp³-hybridized carbons (Fsp3) is 0.370. The van der Waals surface area contributed by atoms with Crippen molar-refractivity contribution in [1.29, 1.82) is 0 Å². The summed E-state index contributed by atoms with van der Waals surface area (Å²) in [5.74, 6) is 1.93. The van der Waals surface area contributed by atoms with Gasteiger partial charge in [-0.3, -0.25) is 9.69 Å². The lowest BCUT2D eigenvalue weighted by Crippen LogP contribution is -2.40. The van der Waals surface area contributed by atoms with Crippen LogP contribution in [0.15, 0.2) is 54.9 Å². The van der Waals surface area contributed by atoms with Crippen LogP contribution in [0.3, 0.4) is 0 Å². The van der Waals surface area contributed by atoms with E-state index in [0.717, 1.165) is 54.9 Å². The summed E-state index contributed by atoms with van der Waals surface area (Å²) < 4.78 is 5.19. The van der Waals surface area contributed by atoms with Gasteiger partial charge in [-0.25, -0.2) is 9.97 Å². The Balaban J connectivity index is 1.20. The van der Waals surface area contributed by atoms with Gasteiger partial charge in [0.15, 0.2) is 0 Å². The van der Waals surface area contributed by atoms with Gasteiger partial charge in [-0.1, -0.05) is 47.5 Å². The first-order valence-electron chi connectivity index (χ1n) is 11.9. The van der Waals surface area contributed by atoms with Crippen molar-refractivity contribution >= 4 is 29.1 Å². The van der Waals surface area contributed by atoms with Crippen LogP contribution in [-0.2, 0) is 17.8 Å². The maximum Gasteiger partial charge on any atom is 0.220 e. The first-order chi connectivity index (χ1) is 17.0. The number of amides is 1. The number of ether oxygens (including phenoxy) is 1. The fourth-order valence-electron chi connectivity index (χ4n) is 4.36. The fourth-order valence-corrected chi connectivity index (χ4v) is 4.74. The van der Waals surface area contributed by atoms with E-state index in [4.69, 9.17) is 27.9 Å². The van der Waals surface area contributed by atoms with E-state index in [-0.39, 0.29) is 5.91 Å². The van der Waals surface area contributed by atoms with Crippen molar-refractivity contribution < 1.29 is 9.53 Å². The Labute approximate surface area is 216 Å². The summed E-state index contributed by atoms with van der Waals surface area (Å²) >= 11 is 12.5.